The number of nitrogens with zero attached hydrogens (tertiary/aromatic N) is 1. The third kappa shape index (κ3) is 3.82. The first-order valence-corrected chi connectivity index (χ1v) is 7.17. The average Bonchev–Trinajstić information content (AvgIpc) is 2.52. The Morgan fingerprint density at radius 2 is 2.09 bits per heavy atom. The lowest BCUT2D eigenvalue weighted by Gasteiger charge is -2.17. The van der Waals surface area contributed by atoms with Crippen molar-refractivity contribution >= 4 is 11.6 Å². The lowest BCUT2D eigenvalue weighted by atomic mass is 10.0. The quantitative estimate of drug-likeness (QED) is 0.653. The molecule has 0 unspecified atom stereocenters. The standard InChI is InChI=1S/C16H17N3O4/c1-3-14(11-5-4-6-12(9-11)19(22)23)18-16(21)13-8-7-10(2)17-15(13)20/h4-9,14H,3H2,1-2H3,(H,17,20)(H,18,21)/t14-/m0/s1. The molecule has 2 rings (SSSR count). The van der Waals surface area contributed by atoms with Crippen molar-refractivity contribution in [1.29, 1.82) is 0 Å². The van der Waals surface area contributed by atoms with E-state index in [4.69, 9.17) is 0 Å². The largest absolute Gasteiger partial charge is 0.345 e. The zero-order valence-electron chi connectivity index (χ0n) is 12.8. The van der Waals surface area contributed by atoms with Gasteiger partial charge in [0.1, 0.15) is 5.56 Å². The Morgan fingerprint density at radius 3 is 2.70 bits per heavy atom. The van der Waals surface area contributed by atoms with Gasteiger partial charge in [-0.3, -0.25) is 19.7 Å². The molecule has 0 aliphatic heterocycles. The van der Waals surface area contributed by atoms with Gasteiger partial charge in [0.2, 0.25) is 0 Å². The van der Waals surface area contributed by atoms with E-state index in [0.717, 1.165) is 0 Å². The van der Waals surface area contributed by atoms with E-state index in [-0.39, 0.29) is 11.3 Å². The van der Waals surface area contributed by atoms with Crippen molar-refractivity contribution in [2.75, 3.05) is 0 Å². The first-order valence-electron chi connectivity index (χ1n) is 7.17. The number of pyridine rings is 1. The fourth-order valence-corrected chi connectivity index (χ4v) is 2.26. The van der Waals surface area contributed by atoms with Gasteiger partial charge in [-0.25, -0.2) is 0 Å². The van der Waals surface area contributed by atoms with Crippen molar-refractivity contribution in [1.82, 2.24) is 10.3 Å². The summed E-state index contributed by atoms with van der Waals surface area (Å²) in [5, 5.41) is 13.6. The van der Waals surface area contributed by atoms with Crippen LogP contribution in [0, 0.1) is 17.0 Å². The van der Waals surface area contributed by atoms with Crippen molar-refractivity contribution < 1.29 is 9.72 Å². The van der Waals surface area contributed by atoms with Crippen LogP contribution in [0.5, 0.6) is 0 Å². The summed E-state index contributed by atoms with van der Waals surface area (Å²) in [5.41, 5.74) is 0.801. The van der Waals surface area contributed by atoms with Gasteiger partial charge in [-0.2, -0.15) is 0 Å². The Morgan fingerprint density at radius 1 is 1.35 bits per heavy atom. The number of aryl methyl sites for hydroxylation is 1. The van der Waals surface area contributed by atoms with Gasteiger partial charge in [0.05, 0.1) is 11.0 Å². The number of aromatic amines is 1. The molecule has 0 saturated heterocycles. The molecule has 0 aliphatic rings. The highest BCUT2D eigenvalue weighted by Crippen LogP contribution is 2.21. The van der Waals surface area contributed by atoms with Crippen molar-refractivity contribution in [2.45, 2.75) is 26.3 Å². The molecule has 1 amide bonds. The van der Waals surface area contributed by atoms with Crippen LogP contribution in [0.2, 0.25) is 0 Å². The molecule has 0 saturated carbocycles. The van der Waals surface area contributed by atoms with Gasteiger partial charge < -0.3 is 10.3 Å². The maximum atomic E-state index is 12.3. The molecule has 1 aromatic carbocycles. The maximum Gasteiger partial charge on any atom is 0.269 e. The second-order valence-corrected chi connectivity index (χ2v) is 5.17. The number of H-pyrrole nitrogens is 1. The molecular weight excluding hydrogens is 298 g/mol. The molecule has 23 heavy (non-hydrogen) atoms. The monoisotopic (exact) mass is 315 g/mol. The molecular formula is C16H17N3O4. The lowest BCUT2D eigenvalue weighted by Crippen LogP contribution is -2.32. The molecule has 0 bridgehead atoms. The highest BCUT2D eigenvalue weighted by Gasteiger charge is 2.18. The van der Waals surface area contributed by atoms with Gasteiger partial charge in [0.25, 0.3) is 17.2 Å². The number of aromatic nitrogens is 1. The highest BCUT2D eigenvalue weighted by atomic mass is 16.6. The summed E-state index contributed by atoms with van der Waals surface area (Å²) in [4.78, 5) is 37.0. The van der Waals surface area contributed by atoms with Crippen molar-refractivity contribution in [3.8, 4) is 0 Å². The smallest absolute Gasteiger partial charge is 0.269 e. The van der Waals surface area contributed by atoms with Crippen LogP contribution < -0.4 is 10.9 Å². The van der Waals surface area contributed by atoms with E-state index in [2.05, 4.69) is 10.3 Å². The van der Waals surface area contributed by atoms with Crippen molar-refractivity contribution in [3.05, 3.63) is 73.7 Å². The first kappa shape index (κ1) is 16.4. The number of amides is 1. The third-order valence-electron chi connectivity index (χ3n) is 3.50. The van der Waals surface area contributed by atoms with Gasteiger partial charge in [-0.1, -0.05) is 19.1 Å². The van der Waals surface area contributed by atoms with E-state index in [1.54, 1.807) is 25.1 Å². The topological polar surface area (TPSA) is 105 Å². The maximum absolute atomic E-state index is 12.3. The Kier molecular flexibility index (Phi) is 4.90. The van der Waals surface area contributed by atoms with E-state index in [1.807, 2.05) is 6.92 Å². The lowest BCUT2D eigenvalue weighted by molar-refractivity contribution is -0.384. The molecule has 1 aromatic heterocycles. The summed E-state index contributed by atoms with van der Waals surface area (Å²) in [6.45, 7) is 3.57. The fraction of sp³-hybridized carbons (Fsp3) is 0.250. The number of carbonyl (C=O) groups is 1. The van der Waals surface area contributed by atoms with E-state index >= 15 is 0 Å². The van der Waals surface area contributed by atoms with Gasteiger partial charge in [0, 0.05) is 17.8 Å². The highest BCUT2D eigenvalue weighted by molar-refractivity contribution is 5.94. The van der Waals surface area contributed by atoms with Gasteiger partial charge in [-0.05, 0) is 31.0 Å². The predicted octanol–water partition coefficient (Wildman–Crippen LogP) is 2.47. The third-order valence-corrected chi connectivity index (χ3v) is 3.50. The van der Waals surface area contributed by atoms with E-state index in [0.29, 0.717) is 17.7 Å². The minimum atomic E-state index is -0.510. The van der Waals surface area contributed by atoms with Gasteiger partial charge in [-0.15, -0.1) is 0 Å². The van der Waals surface area contributed by atoms with Crippen LogP contribution in [0.3, 0.4) is 0 Å². The van der Waals surface area contributed by atoms with E-state index in [1.165, 1.54) is 18.2 Å². The van der Waals surface area contributed by atoms with Crippen LogP contribution in [0.4, 0.5) is 5.69 Å². The van der Waals surface area contributed by atoms with E-state index in [9.17, 15) is 19.7 Å². The number of nitro groups is 1. The van der Waals surface area contributed by atoms with Crippen LogP contribution >= 0.6 is 0 Å². The molecule has 120 valence electrons. The second kappa shape index (κ2) is 6.87. The first-order chi connectivity index (χ1) is 10.9. The number of hydrogen-bond acceptors (Lipinski definition) is 4. The molecule has 7 nitrogen and oxygen atoms in total. The number of nitrogens with one attached hydrogen (secondary N) is 2. The van der Waals surface area contributed by atoms with Crippen LogP contribution in [-0.2, 0) is 0 Å². The van der Waals surface area contributed by atoms with Crippen molar-refractivity contribution in [2.24, 2.45) is 0 Å². The van der Waals surface area contributed by atoms with Crippen LogP contribution in [-0.4, -0.2) is 15.8 Å². The minimum Gasteiger partial charge on any atom is -0.345 e. The Labute approximate surface area is 132 Å². The Hall–Kier alpha value is -2.96. The van der Waals surface area contributed by atoms with E-state index < -0.39 is 22.4 Å². The molecule has 1 heterocycles. The van der Waals surface area contributed by atoms with Gasteiger partial charge in [0.15, 0.2) is 0 Å². The summed E-state index contributed by atoms with van der Waals surface area (Å²) in [6, 6.07) is 8.79. The van der Waals surface area contributed by atoms with Crippen LogP contribution in [0.1, 0.15) is 41.0 Å². The summed E-state index contributed by atoms with van der Waals surface area (Å²) >= 11 is 0. The number of carbonyl (C=O) groups excluding carboxylic acids is 1. The molecule has 0 aliphatic carbocycles. The Balaban J connectivity index is 2.25. The minimum absolute atomic E-state index is 0.0134. The van der Waals surface area contributed by atoms with Gasteiger partial charge >= 0.3 is 0 Å². The number of benzene rings is 1. The molecule has 2 N–H and O–H groups in total. The summed E-state index contributed by atoms with van der Waals surface area (Å²) < 4.78 is 0. The summed E-state index contributed by atoms with van der Waals surface area (Å²) in [5.74, 6) is -0.510. The molecule has 0 fully saturated rings. The molecule has 1 atom stereocenters. The SMILES string of the molecule is CC[C@H](NC(=O)c1ccc(C)[nH]c1=O)c1cccc([N+](=O)[O-])c1. The van der Waals surface area contributed by atoms with Crippen LogP contribution in [0.25, 0.3) is 0 Å². The predicted molar refractivity (Wildman–Crippen MR) is 85.4 cm³/mol. The molecule has 0 radical (unpaired) electrons. The number of nitro benzene ring substituents is 1. The zero-order valence-corrected chi connectivity index (χ0v) is 12.8. The van der Waals surface area contributed by atoms with Crippen LogP contribution in [0.15, 0.2) is 41.2 Å². The molecule has 7 heteroatoms. The molecule has 0 spiro atoms. The number of non-ortho nitro benzene ring substituents is 1. The average molecular weight is 315 g/mol. The Bertz CT molecular complexity index is 798. The zero-order chi connectivity index (χ0) is 17.0. The fourth-order valence-electron chi connectivity index (χ4n) is 2.26. The van der Waals surface area contributed by atoms with Crippen molar-refractivity contribution in [3.63, 3.8) is 0 Å². The number of rotatable bonds is 5. The molecule has 2 aromatic rings. The second-order valence-electron chi connectivity index (χ2n) is 5.17. The summed E-state index contributed by atoms with van der Waals surface area (Å²) in [6.07, 6.45) is 0.538. The normalized spacial score (nSPS) is 11.7. The summed E-state index contributed by atoms with van der Waals surface area (Å²) in [7, 11) is 0. The number of hydrogen-bond donors (Lipinski definition) is 2.